The number of nitrogens with zero attached hydrogens (tertiary/aromatic N) is 4. The molecule has 0 fully saturated rings. The number of ether oxygens (including phenoxy) is 1. The van der Waals surface area contributed by atoms with Gasteiger partial charge in [-0.15, -0.1) is 11.3 Å². The number of halogens is 4. The van der Waals surface area contributed by atoms with E-state index in [1.165, 1.54) is 21.3 Å². The van der Waals surface area contributed by atoms with Gasteiger partial charge < -0.3 is 9.84 Å². The van der Waals surface area contributed by atoms with Gasteiger partial charge in [0.05, 0.1) is 39.1 Å². The summed E-state index contributed by atoms with van der Waals surface area (Å²) in [6.45, 7) is 5.24. The standard InChI is InChI=1S/C30H26ClF3N4O4S/c1-4-5-6-22-21(30(32,33)34)13-23-26(37-22)28(39)38(16(3)36-23)9-10-42-24-8-7-17(31)12-18(24)19-11-15(2)35-25-20(29(40)41)14-43-27(19)25/h7-8,11-14H,4-6,9-10H2,1-3H3,(H,40,41). The topological polar surface area (TPSA) is 107 Å². The molecule has 0 atom stereocenters. The fourth-order valence-corrected chi connectivity index (χ4v) is 6.09. The summed E-state index contributed by atoms with van der Waals surface area (Å²) in [5.41, 5.74) is 0.545. The van der Waals surface area contributed by atoms with Crippen molar-refractivity contribution in [2.75, 3.05) is 6.61 Å². The highest BCUT2D eigenvalue weighted by molar-refractivity contribution is 7.18. The van der Waals surface area contributed by atoms with Gasteiger partial charge in [-0.3, -0.25) is 14.3 Å². The molecule has 0 aliphatic carbocycles. The van der Waals surface area contributed by atoms with E-state index in [0.29, 0.717) is 50.7 Å². The van der Waals surface area contributed by atoms with Gasteiger partial charge in [0.15, 0.2) is 5.52 Å². The number of thiophene rings is 1. The van der Waals surface area contributed by atoms with E-state index in [9.17, 15) is 27.9 Å². The first-order valence-electron chi connectivity index (χ1n) is 13.4. The van der Waals surface area contributed by atoms with Gasteiger partial charge in [0.25, 0.3) is 5.56 Å². The van der Waals surface area contributed by atoms with Crippen molar-refractivity contribution in [2.24, 2.45) is 0 Å². The van der Waals surface area contributed by atoms with E-state index in [2.05, 4.69) is 15.0 Å². The molecule has 0 aliphatic heterocycles. The van der Waals surface area contributed by atoms with Crippen LogP contribution in [0.5, 0.6) is 5.75 Å². The predicted molar refractivity (Wildman–Crippen MR) is 159 cm³/mol. The molecule has 4 aromatic heterocycles. The maximum absolute atomic E-state index is 13.7. The minimum atomic E-state index is -4.62. The van der Waals surface area contributed by atoms with Crippen LogP contribution >= 0.6 is 22.9 Å². The molecule has 0 radical (unpaired) electrons. The molecule has 13 heteroatoms. The number of carbonyl (C=O) groups is 1. The SMILES string of the molecule is CCCCc1nc2c(=O)n(CCOc3ccc(Cl)cc3-c3cc(C)nc4c(C(=O)O)csc34)c(C)nc2cc1C(F)(F)F. The first-order chi connectivity index (χ1) is 20.4. The molecule has 0 amide bonds. The third-order valence-corrected chi connectivity index (χ3v) is 8.20. The Morgan fingerprint density at radius 3 is 2.56 bits per heavy atom. The van der Waals surface area contributed by atoms with Crippen LogP contribution < -0.4 is 10.3 Å². The Morgan fingerprint density at radius 2 is 1.86 bits per heavy atom. The monoisotopic (exact) mass is 630 g/mol. The van der Waals surface area contributed by atoms with Gasteiger partial charge in [0, 0.05) is 27.2 Å². The number of benzene rings is 1. The van der Waals surface area contributed by atoms with Crippen molar-refractivity contribution >= 4 is 50.2 Å². The lowest BCUT2D eigenvalue weighted by molar-refractivity contribution is -0.138. The molecular weight excluding hydrogens is 605 g/mol. The largest absolute Gasteiger partial charge is 0.491 e. The van der Waals surface area contributed by atoms with Crippen molar-refractivity contribution in [3.05, 3.63) is 79.4 Å². The number of carboxylic acids is 1. The lowest BCUT2D eigenvalue weighted by atomic mass is 10.0. The molecule has 0 bridgehead atoms. The van der Waals surface area contributed by atoms with Gasteiger partial charge in [0.1, 0.15) is 18.2 Å². The minimum absolute atomic E-state index is 0.0178. The van der Waals surface area contributed by atoms with E-state index >= 15 is 0 Å². The number of hydrogen-bond acceptors (Lipinski definition) is 7. The summed E-state index contributed by atoms with van der Waals surface area (Å²) in [6, 6.07) is 7.76. The second-order valence-electron chi connectivity index (χ2n) is 10.00. The molecule has 0 spiro atoms. The minimum Gasteiger partial charge on any atom is -0.491 e. The van der Waals surface area contributed by atoms with Crippen molar-refractivity contribution in [1.82, 2.24) is 19.5 Å². The first-order valence-corrected chi connectivity index (χ1v) is 14.7. The molecule has 1 N–H and O–H groups in total. The molecular formula is C30H26ClF3N4O4S. The predicted octanol–water partition coefficient (Wildman–Crippen LogP) is 7.48. The van der Waals surface area contributed by atoms with Crippen LogP contribution in [0.1, 0.15) is 52.9 Å². The Morgan fingerprint density at radius 1 is 1.09 bits per heavy atom. The molecule has 0 aliphatic rings. The maximum Gasteiger partial charge on any atom is 0.418 e. The molecule has 224 valence electrons. The average molecular weight is 631 g/mol. The van der Waals surface area contributed by atoms with Crippen LogP contribution in [0.15, 0.2) is 40.5 Å². The molecule has 1 aromatic carbocycles. The third kappa shape index (κ3) is 6.07. The number of hydrogen-bond donors (Lipinski definition) is 1. The van der Waals surface area contributed by atoms with E-state index in [1.807, 2.05) is 13.0 Å². The average Bonchev–Trinajstić information content (AvgIpc) is 3.37. The molecule has 8 nitrogen and oxygen atoms in total. The Labute approximate surface area is 252 Å². The van der Waals surface area contributed by atoms with Crippen molar-refractivity contribution < 1.29 is 27.8 Å². The number of carboxylic acid groups (broad SMARTS) is 1. The van der Waals surface area contributed by atoms with Gasteiger partial charge >= 0.3 is 12.1 Å². The van der Waals surface area contributed by atoms with Crippen molar-refractivity contribution in [3.8, 4) is 16.9 Å². The van der Waals surface area contributed by atoms with Gasteiger partial charge in [0.2, 0.25) is 0 Å². The molecule has 0 saturated heterocycles. The van der Waals surface area contributed by atoms with Gasteiger partial charge in [-0.2, -0.15) is 13.2 Å². The van der Waals surface area contributed by atoms with Crippen molar-refractivity contribution in [3.63, 3.8) is 0 Å². The molecule has 0 unspecified atom stereocenters. The fourth-order valence-electron chi connectivity index (χ4n) is 4.91. The maximum atomic E-state index is 13.7. The Kier molecular flexibility index (Phi) is 8.44. The summed E-state index contributed by atoms with van der Waals surface area (Å²) in [6.07, 6.45) is -3.35. The second kappa shape index (κ2) is 11.9. The van der Waals surface area contributed by atoms with Crippen LogP contribution in [0.4, 0.5) is 13.2 Å². The lowest BCUT2D eigenvalue weighted by Gasteiger charge is -2.16. The number of aromatic nitrogens is 4. The van der Waals surface area contributed by atoms with E-state index in [0.717, 1.165) is 6.07 Å². The highest BCUT2D eigenvalue weighted by Crippen LogP contribution is 2.40. The van der Waals surface area contributed by atoms with Gasteiger partial charge in [-0.25, -0.2) is 14.8 Å². The Hall–Kier alpha value is -4.03. The molecule has 0 saturated carbocycles. The first kappa shape index (κ1) is 30.4. The summed E-state index contributed by atoms with van der Waals surface area (Å²) in [4.78, 5) is 38.0. The van der Waals surface area contributed by atoms with E-state index in [-0.39, 0.29) is 47.7 Å². The van der Waals surface area contributed by atoms with Gasteiger partial charge in [-0.05, 0) is 57.0 Å². The number of unbranched alkanes of at least 4 members (excludes halogenated alkanes) is 1. The molecule has 4 heterocycles. The number of rotatable bonds is 9. The van der Waals surface area contributed by atoms with Crippen molar-refractivity contribution in [1.29, 1.82) is 0 Å². The van der Waals surface area contributed by atoms with E-state index < -0.39 is 23.3 Å². The third-order valence-electron chi connectivity index (χ3n) is 6.96. The summed E-state index contributed by atoms with van der Waals surface area (Å²) in [5, 5.41) is 11.6. The zero-order valence-electron chi connectivity index (χ0n) is 23.4. The van der Waals surface area contributed by atoms with Crippen molar-refractivity contribution in [2.45, 2.75) is 52.8 Å². The molecule has 5 aromatic rings. The Bertz CT molecular complexity index is 1940. The van der Waals surface area contributed by atoms with Crippen LogP contribution in [0, 0.1) is 13.8 Å². The van der Waals surface area contributed by atoms with Crippen LogP contribution in [0.25, 0.3) is 32.4 Å². The van der Waals surface area contributed by atoms with Crippen LogP contribution in [0.3, 0.4) is 0 Å². The molecule has 43 heavy (non-hydrogen) atoms. The van der Waals surface area contributed by atoms with Crippen LogP contribution in [0.2, 0.25) is 5.02 Å². The van der Waals surface area contributed by atoms with E-state index in [1.54, 1.807) is 32.0 Å². The zero-order chi connectivity index (χ0) is 31.1. The Balaban J connectivity index is 1.49. The highest BCUT2D eigenvalue weighted by Gasteiger charge is 2.35. The second-order valence-corrected chi connectivity index (χ2v) is 11.3. The van der Waals surface area contributed by atoms with E-state index in [4.69, 9.17) is 16.3 Å². The van der Waals surface area contributed by atoms with Gasteiger partial charge in [-0.1, -0.05) is 24.9 Å². The summed E-state index contributed by atoms with van der Waals surface area (Å²) < 4.78 is 49.3. The number of aryl methyl sites for hydroxylation is 3. The van der Waals surface area contributed by atoms with Crippen LogP contribution in [-0.2, 0) is 19.1 Å². The highest BCUT2D eigenvalue weighted by atomic mass is 35.5. The number of aromatic carboxylic acids is 1. The summed E-state index contributed by atoms with van der Waals surface area (Å²) in [7, 11) is 0. The summed E-state index contributed by atoms with van der Waals surface area (Å²) in [5.74, 6) is -0.417. The molecule has 5 rings (SSSR count). The normalized spacial score (nSPS) is 11.9. The smallest absolute Gasteiger partial charge is 0.418 e. The summed E-state index contributed by atoms with van der Waals surface area (Å²) >= 11 is 7.58. The number of fused-ring (bicyclic) bond motifs is 2. The fraction of sp³-hybridized carbons (Fsp3) is 0.300. The quantitative estimate of drug-likeness (QED) is 0.180. The lowest BCUT2D eigenvalue weighted by Crippen LogP contribution is -2.28. The zero-order valence-corrected chi connectivity index (χ0v) is 25.0. The number of pyridine rings is 2. The van der Waals surface area contributed by atoms with Crippen LogP contribution in [-0.4, -0.2) is 37.2 Å². The number of alkyl halides is 3.